The predicted molar refractivity (Wildman–Crippen MR) is 401 cm³/mol. The third-order valence-corrected chi connectivity index (χ3v) is 22.4. The van der Waals surface area contributed by atoms with Crippen molar-refractivity contribution in [3.05, 3.63) is 336 Å². The number of aromatic nitrogens is 1. The molecule has 3 nitrogen and oxygen atoms in total. The number of hydrogen-bond acceptors (Lipinski definition) is 2. The third kappa shape index (κ3) is 8.37. The molecule has 1 aromatic heterocycles. The second-order valence-electron chi connectivity index (χ2n) is 29.0. The van der Waals surface area contributed by atoms with Gasteiger partial charge in [-0.2, -0.15) is 0 Å². The van der Waals surface area contributed by atoms with E-state index >= 15 is 0 Å². The van der Waals surface area contributed by atoms with Gasteiger partial charge >= 0.3 is 0 Å². The average Bonchev–Trinajstić information content (AvgIpc) is 1.62. The molecule has 4 aliphatic rings. The summed E-state index contributed by atoms with van der Waals surface area (Å²) >= 11 is 0. The normalized spacial score (nSPS) is 14.9. The van der Waals surface area contributed by atoms with Gasteiger partial charge in [0.15, 0.2) is 0 Å². The van der Waals surface area contributed by atoms with Crippen LogP contribution in [0.1, 0.15) is 105 Å². The predicted octanol–water partition coefficient (Wildman–Crippen LogP) is 24.9. The molecule has 0 saturated heterocycles. The Bertz CT molecular complexity index is 5020. The van der Waals surface area contributed by atoms with Crippen molar-refractivity contribution in [3.63, 3.8) is 0 Å². The minimum Gasteiger partial charge on any atom is -0.310 e. The highest BCUT2D eigenvalue weighted by atomic mass is 15.1. The number of fused-ring (bicyclic) bond motifs is 15. The van der Waals surface area contributed by atoms with Crippen LogP contribution in [0.15, 0.2) is 286 Å². The Morgan fingerprint density at radius 1 is 0.263 bits per heavy atom. The van der Waals surface area contributed by atoms with Crippen LogP contribution in [-0.2, 0) is 21.7 Å². The Morgan fingerprint density at radius 3 is 0.842 bits per heavy atom. The summed E-state index contributed by atoms with van der Waals surface area (Å²) in [6, 6.07) is 106. The van der Waals surface area contributed by atoms with Crippen LogP contribution in [-0.4, -0.2) is 4.57 Å². The lowest BCUT2D eigenvalue weighted by Gasteiger charge is -2.30. The van der Waals surface area contributed by atoms with Crippen LogP contribution >= 0.6 is 0 Å². The first kappa shape index (κ1) is 56.7. The van der Waals surface area contributed by atoms with Crippen LogP contribution in [0.25, 0.3) is 100 Å². The van der Waals surface area contributed by atoms with Crippen LogP contribution in [0.2, 0.25) is 0 Å². The smallest absolute Gasteiger partial charge is 0.0541 e. The molecule has 0 atom stereocenters. The van der Waals surface area contributed by atoms with Gasteiger partial charge in [0.05, 0.1) is 11.0 Å². The minimum absolute atomic E-state index is 0.144. The van der Waals surface area contributed by atoms with Gasteiger partial charge in [-0.05, 0) is 226 Å². The molecule has 0 spiro atoms. The summed E-state index contributed by atoms with van der Waals surface area (Å²) in [5, 5.41) is 2.40. The maximum atomic E-state index is 4.08. The Labute approximate surface area is 558 Å². The van der Waals surface area contributed by atoms with Crippen molar-refractivity contribution in [1.82, 2.24) is 4.57 Å². The summed E-state index contributed by atoms with van der Waals surface area (Å²) in [4.78, 5) is 4.95. The Kier molecular flexibility index (Phi) is 12.2. The van der Waals surface area contributed by atoms with Gasteiger partial charge in [0.2, 0.25) is 0 Å². The maximum Gasteiger partial charge on any atom is 0.0541 e. The van der Waals surface area contributed by atoms with Crippen molar-refractivity contribution >= 4 is 62.0 Å². The standard InChI is InChI=1S/C92H73N3/c1-10-57-27-35-64(36-28-57)95-87-49-33-60(58-29-37-62(38-30-58)93(65-41-45-73-69-19-11-15-23-79(69)89(2,3)83(73)53-65)66-42-46-74-70-20-12-16-24-80(70)90(4,5)84(74)54-66)51-77(87)78-52-61(34-50-88(78)95)59-31-39-63(40-32-59)94(67-43-47-75-71-21-13-17-25-81(71)91(6,7)85(75)55-67)68-44-48-76-72-22-14-18-26-82(72)92(8,9)86(76)56-68/h10-56H,1H2,2-9H3. The van der Waals surface area contributed by atoms with E-state index in [-0.39, 0.29) is 21.7 Å². The summed E-state index contributed by atoms with van der Waals surface area (Å²) in [6.07, 6.45) is 1.91. The molecule has 13 aromatic carbocycles. The Balaban J connectivity index is 0.737. The van der Waals surface area contributed by atoms with E-state index in [9.17, 15) is 0 Å². The van der Waals surface area contributed by atoms with E-state index in [1.165, 1.54) is 111 Å². The van der Waals surface area contributed by atoms with Crippen LogP contribution in [0.3, 0.4) is 0 Å². The molecule has 3 heteroatoms. The molecule has 456 valence electrons. The van der Waals surface area contributed by atoms with Crippen molar-refractivity contribution in [1.29, 1.82) is 0 Å². The molecule has 4 aliphatic carbocycles. The fraction of sp³-hybridized carbons (Fsp3) is 0.130. The quantitative estimate of drug-likeness (QED) is 0.135. The summed E-state index contributed by atoms with van der Waals surface area (Å²) in [5.74, 6) is 0. The minimum atomic E-state index is -0.144. The summed E-state index contributed by atoms with van der Waals surface area (Å²) in [6.45, 7) is 23.1. The van der Waals surface area contributed by atoms with Gasteiger partial charge in [-0.25, -0.2) is 0 Å². The highest BCUT2D eigenvalue weighted by molar-refractivity contribution is 6.12. The highest BCUT2D eigenvalue weighted by Crippen LogP contribution is 2.56. The van der Waals surface area contributed by atoms with Crippen LogP contribution in [0.4, 0.5) is 34.1 Å². The number of nitrogens with zero attached hydrogens (tertiary/aromatic N) is 3. The lowest BCUT2D eigenvalue weighted by atomic mass is 9.82. The zero-order chi connectivity index (χ0) is 64.4. The fourth-order valence-corrected chi connectivity index (χ4v) is 17.2. The molecule has 0 amide bonds. The Morgan fingerprint density at radius 2 is 0.537 bits per heavy atom. The zero-order valence-electron chi connectivity index (χ0n) is 55.2. The molecule has 0 N–H and O–H groups in total. The van der Waals surface area contributed by atoms with Gasteiger partial charge in [-0.15, -0.1) is 0 Å². The van der Waals surface area contributed by atoms with Crippen molar-refractivity contribution in [2.75, 3.05) is 9.80 Å². The molecule has 0 unspecified atom stereocenters. The molecule has 1 heterocycles. The average molecular weight is 1220 g/mol. The molecule has 0 saturated carbocycles. The topological polar surface area (TPSA) is 11.4 Å². The Hall–Kier alpha value is -11.0. The zero-order valence-corrected chi connectivity index (χ0v) is 55.2. The fourth-order valence-electron chi connectivity index (χ4n) is 17.2. The molecule has 0 bridgehead atoms. The summed E-state index contributed by atoms with van der Waals surface area (Å²) in [5.41, 5.74) is 36.9. The largest absolute Gasteiger partial charge is 0.310 e. The third-order valence-electron chi connectivity index (χ3n) is 22.4. The molecule has 95 heavy (non-hydrogen) atoms. The first-order chi connectivity index (χ1) is 46.1. The lowest BCUT2D eigenvalue weighted by molar-refractivity contribution is 0.659. The van der Waals surface area contributed by atoms with Gasteiger partial charge in [-0.3, -0.25) is 0 Å². The maximum absolute atomic E-state index is 4.08. The van der Waals surface area contributed by atoms with Gasteiger partial charge in [-0.1, -0.05) is 238 Å². The van der Waals surface area contributed by atoms with Crippen LogP contribution in [0.5, 0.6) is 0 Å². The van der Waals surface area contributed by atoms with Crippen molar-refractivity contribution in [2.45, 2.75) is 77.0 Å². The van der Waals surface area contributed by atoms with Gasteiger partial charge in [0.1, 0.15) is 0 Å². The van der Waals surface area contributed by atoms with Crippen molar-refractivity contribution in [3.8, 4) is 72.4 Å². The second-order valence-corrected chi connectivity index (χ2v) is 29.0. The molecular weight excluding hydrogens is 1150 g/mol. The van der Waals surface area contributed by atoms with E-state index in [4.69, 9.17) is 0 Å². The molecule has 0 radical (unpaired) electrons. The van der Waals surface area contributed by atoms with E-state index < -0.39 is 0 Å². The first-order valence-corrected chi connectivity index (χ1v) is 33.7. The molecule has 14 aromatic rings. The van der Waals surface area contributed by atoms with E-state index in [0.717, 1.165) is 67.5 Å². The summed E-state index contributed by atoms with van der Waals surface area (Å²) in [7, 11) is 0. The van der Waals surface area contributed by atoms with Gasteiger partial charge in [0.25, 0.3) is 0 Å². The van der Waals surface area contributed by atoms with Gasteiger partial charge in [0, 0.05) is 72.2 Å². The van der Waals surface area contributed by atoms with E-state index in [1.54, 1.807) is 0 Å². The number of rotatable bonds is 10. The number of benzene rings is 13. The molecule has 0 fully saturated rings. The number of hydrogen-bond donors (Lipinski definition) is 0. The highest BCUT2D eigenvalue weighted by Gasteiger charge is 2.40. The van der Waals surface area contributed by atoms with Crippen LogP contribution in [0, 0.1) is 0 Å². The van der Waals surface area contributed by atoms with E-state index in [1.807, 2.05) is 6.08 Å². The van der Waals surface area contributed by atoms with Crippen LogP contribution < -0.4 is 9.80 Å². The summed E-state index contributed by atoms with van der Waals surface area (Å²) < 4.78 is 2.42. The molecule has 0 aliphatic heterocycles. The van der Waals surface area contributed by atoms with Crippen molar-refractivity contribution in [2.24, 2.45) is 0 Å². The molecular formula is C92H73N3. The molecule has 18 rings (SSSR count). The first-order valence-electron chi connectivity index (χ1n) is 33.7. The van der Waals surface area contributed by atoms with Crippen molar-refractivity contribution < 1.29 is 0 Å². The van der Waals surface area contributed by atoms with E-state index in [2.05, 4.69) is 355 Å². The van der Waals surface area contributed by atoms with Gasteiger partial charge < -0.3 is 14.4 Å². The lowest BCUT2D eigenvalue weighted by Crippen LogP contribution is -2.18. The monoisotopic (exact) mass is 1220 g/mol. The number of anilines is 6. The second kappa shape index (κ2) is 20.5. The SMILES string of the molecule is C=Cc1ccc(-n2c3ccc(-c4ccc(N(c5ccc6c(c5)C(C)(C)c5ccccc5-6)c5ccc6c(c5)C(C)(C)c5ccccc5-6)cc4)cc3c3cc(-c4ccc(N(c5ccc6c(c5)C(C)(C)c5ccccc5-6)c5ccc6c(c5)C(C)(C)c5ccccc5-6)cc4)ccc32)cc1. The van der Waals surface area contributed by atoms with E-state index in [0.29, 0.717) is 0 Å².